The quantitative estimate of drug-likeness (QED) is 0.865. The Morgan fingerprint density at radius 1 is 1.33 bits per heavy atom. The molecule has 0 bridgehead atoms. The highest BCUT2D eigenvalue weighted by molar-refractivity contribution is 6.30. The first kappa shape index (κ1) is 16.9. The molecule has 1 aliphatic carbocycles. The Morgan fingerprint density at radius 3 is 2.81 bits per heavy atom. The van der Waals surface area contributed by atoms with E-state index in [0.29, 0.717) is 6.04 Å². The highest BCUT2D eigenvalue weighted by atomic mass is 35.5. The van der Waals surface area contributed by atoms with Crippen molar-refractivity contribution in [2.24, 2.45) is 5.92 Å². The molecule has 1 saturated heterocycles. The van der Waals surface area contributed by atoms with E-state index in [4.69, 9.17) is 16.3 Å². The molecule has 0 spiro atoms. The van der Waals surface area contributed by atoms with Crippen LogP contribution in [0.3, 0.4) is 0 Å². The van der Waals surface area contributed by atoms with Crippen molar-refractivity contribution in [1.29, 1.82) is 0 Å². The second kappa shape index (κ2) is 7.68. The maximum atomic E-state index is 6.15. The van der Waals surface area contributed by atoms with Crippen LogP contribution >= 0.6 is 24.0 Å². The maximum absolute atomic E-state index is 6.15. The van der Waals surface area contributed by atoms with Gasteiger partial charge in [0.25, 0.3) is 0 Å². The van der Waals surface area contributed by atoms with Crippen molar-refractivity contribution in [1.82, 2.24) is 10.2 Å². The fourth-order valence-electron chi connectivity index (χ4n) is 2.72. The van der Waals surface area contributed by atoms with Crippen LogP contribution in [0.25, 0.3) is 0 Å². The number of hydrogen-bond donors (Lipinski definition) is 1. The van der Waals surface area contributed by atoms with Crippen LogP contribution in [0.1, 0.15) is 24.8 Å². The minimum atomic E-state index is 0. The molecule has 2 aliphatic rings. The molecule has 3 nitrogen and oxygen atoms in total. The van der Waals surface area contributed by atoms with Gasteiger partial charge in [-0.25, -0.2) is 0 Å². The summed E-state index contributed by atoms with van der Waals surface area (Å²) in [6, 6.07) is 6.60. The van der Waals surface area contributed by atoms with Crippen molar-refractivity contribution in [3.8, 4) is 5.75 Å². The Bertz CT molecular complexity index is 460. The zero-order chi connectivity index (χ0) is 13.9. The molecule has 1 aromatic carbocycles. The van der Waals surface area contributed by atoms with E-state index in [1.165, 1.54) is 24.8 Å². The molecule has 118 valence electrons. The number of nitrogens with one attached hydrogen (secondary N) is 1. The van der Waals surface area contributed by atoms with Crippen molar-refractivity contribution in [3.05, 3.63) is 28.8 Å². The van der Waals surface area contributed by atoms with Crippen molar-refractivity contribution >= 4 is 24.0 Å². The second-order valence-electron chi connectivity index (χ2n) is 6.07. The van der Waals surface area contributed by atoms with E-state index < -0.39 is 0 Å². The summed E-state index contributed by atoms with van der Waals surface area (Å²) in [5.74, 6) is 1.77. The first-order valence-electron chi connectivity index (χ1n) is 7.54. The topological polar surface area (TPSA) is 24.5 Å². The molecule has 1 saturated carbocycles. The second-order valence-corrected chi connectivity index (χ2v) is 6.50. The van der Waals surface area contributed by atoms with Gasteiger partial charge in [-0.05, 0) is 57.0 Å². The molecule has 3 rings (SSSR count). The van der Waals surface area contributed by atoms with Gasteiger partial charge in [0.1, 0.15) is 5.75 Å². The van der Waals surface area contributed by atoms with Crippen molar-refractivity contribution in [3.63, 3.8) is 0 Å². The van der Waals surface area contributed by atoms with Crippen LogP contribution in [-0.4, -0.2) is 37.7 Å². The summed E-state index contributed by atoms with van der Waals surface area (Å²) in [5, 5.41) is 4.20. The standard InChI is InChI=1S/C16H23ClN2O.ClH/c1-19(15-6-7-18-9-15)10-13-8-14(17)4-5-16(13)20-11-12-2-3-12;/h4-5,8,12,15,18H,2-3,6-7,9-11H2,1H3;1H. The van der Waals surface area contributed by atoms with Crippen LogP contribution in [0.15, 0.2) is 18.2 Å². The minimum absolute atomic E-state index is 0. The lowest BCUT2D eigenvalue weighted by Crippen LogP contribution is -2.33. The van der Waals surface area contributed by atoms with Gasteiger partial charge in [0.15, 0.2) is 0 Å². The van der Waals surface area contributed by atoms with E-state index in [9.17, 15) is 0 Å². The van der Waals surface area contributed by atoms with Gasteiger partial charge in [-0.15, -0.1) is 12.4 Å². The smallest absolute Gasteiger partial charge is 0.123 e. The van der Waals surface area contributed by atoms with Gasteiger partial charge < -0.3 is 10.1 Å². The lowest BCUT2D eigenvalue weighted by atomic mass is 10.1. The van der Waals surface area contributed by atoms with E-state index in [2.05, 4.69) is 17.3 Å². The number of hydrogen-bond acceptors (Lipinski definition) is 3. The average Bonchev–Trinajstić information content (AvgIpc) is 3.09. The number of nitrogens with zero attached hydrogens (tertiary/aromatic N) is 1. The first-order chi connectivity index (χ1) is 9.72. The molecular formula is C16H24Cl2N2O. The van der Waals surface area contributed by atoms with Gasteiger partial charge in [0.05, 0.1) is 6.61 Å². The predicted octanol–water partition coefficient (Wildman–Crippen LogP) is 3.34. The fourth-order valence-corrected chi connectivity index (χ4v) is 2.91. The van der Waals surface area contributed by atoms with Crippen molar-refractivity contribution < 1.29 is 4.74 Å². The summed E-state index contributed by atoms with van der Waals surface area (Å²) in [7, 11) is 2.18. The van der Waals surface area contributed by atoms with Crippen LogP contribution in [-0.2, 0) is 6.54 Å². The van der Waals surface area contributed by atoms with Crippen LogP contribution in [0.4, 0.5) is 0 Å². The van der Waals surface area contributed by atoms with E-state index in [1.54, 1.807) is 0 Å². The average molecular weight is 331 g/mol. The van der Waals surface area contributed by atoms with E-state index >= 15 is 0 Å². The van der Waals surface area contributed by atoms with E-state index in [1.807, 2.05) is 18.2 Å². The Hall–Kier alpha value is -0.480. The third-order valence-electron chi connectivity index (χ3n) is 4.27. The lowest BCUT2D eigenvalue weighted by Gasteiger charge is -2.24. The van der Waals surface area contributed by atoms with E-state index in [0.717, 1.165) is 42.9 Å². The molecule has 1 aromatic rings. The number of halogens is 2. The monoisotopic (exact) mass is 330 g/mol. The summed E-state index contributed by atoms with van der Waals surface area (Å²) in [4.78, 5) is 2.40. The lowest BCUT2D eigenvalue weighted by molar-refractivity contribution is 0.239. The van der Waals surface area contributed by atoms with Crippen LogP contribution in [0.5, 0.6) is 5.75 Å². The molecule has 1 heterocycles. The molecule has 2 fully saturated rings. The van der Waals surface area contributed by atoms with Gasteiger partial charge in [-0.1, -0.05) is 11.6 Å². The van der Waals surface area contributed by atoms with Gasteiger partial charge in [0, 0.05) is 29.7 Å². The Balaban J connectivity index is 0.00000161. The summed E-state index contributed by atoms with van der Waals surface area (Å²) in [6.45, 7) is 3.95. The maximum Gasteiger partial charge on any atom is 0.123 e. The number of benzene rings is 1. The largest absolute Gasteiger partial charge is 0.493 e. The Morgan fingerprint density at radius 2 is 2.14 bits per heavy atom. The first-order valence-corrected chi connectivity index (χ1v) is 7.92. The predicted molar refractivity (Wildman–Crippen MR) is 89.7 cm³/mol. The van der Waals surface area contributed by atoms with Crippen molar-refractivity contribution in [2.75, 3.05) is 26.7 Å². The molecule has 0 aromatic heterocycles. The highest BCUT2D eigenvalue weighted by Gasteiger charge is 2.23. The SMILES string of the molecule is CN(Cc1cc(Cl)ccc1OCC1CC1)C1CCNC1.Cl. The minimum Gasteiger partial charge on any atom is -0.493 e. The fraction of sp³-hybridized carbons (Fsp3) is 0.625. The molecule has 1 aliphatic heterocycles. The molecule has 5 heteroatoms. The molecule has 0 radical (unpaired) electrons. The molecule has 21 heavy (non-hydrogen) atoms. The van der Waals surface area contributed by atoms with Gasteiger partial charge >= 0.3 is 0 Å². The van der Waals surface area contributed by atoms with Gasteiger partial charge in [-0.2, -0.15) is 0 Å². The summed E-state index contributed by atoms with van der Waals surface area (Å²) in [6.07, 6.45) is 3.85. The normalized spacial score (nSPS) is 21.4. The Kier molecular flexibility index (Phi) is 6.18. The Labute approximate surface area is 138 Å². The summed E-state index contributed by atoms with van der Waals surface area (Å²) in [5.41, 5.74) is 1.20. The van der Waals surface area contributed by atoms with Crippen molar-refractivity contribution in [2.45, 2.75) is 31.8 Å². The third kappa shape index (κ3) is 4.75. The third-order valence-corrected chi connectivity index (χ3v) is 4.51. The molecule has 0 amide bonds. The zero-order valence-corrected chi connectivity index (χ0v) is 14.1. The van der Waals surface area contributed by atoms with Crippen LogP contribution in [0, 0.1) is 5.92 Å². The van der Waals surface area contributed by atoms with E-state index in [-0.39, 0.29) is 12.4 Å². The highest BCUT2D eigenvalue weighted by Crippen LogP contribution is 2.31. The summed E-state index contributed by atoms with van der Waals surface area (Å²) < 4.78 is 5.98. The molecule has 1 unspecified atom stereocenters. The van der Waals surface area contributed by atoms with Crippen LogP contribution in [0.2, 0.25) is 5.02 Å². The van der Waals surface area contributed by atoms with Crippen LogP contribution < -0.4 is 10.1 Å². The summed E-state index contributed by atoms with van der Waals surface area (Å²) >= 11 is 6.15. The molecular weight excluding hydrogens is 307 g/mol. The van der Waals surface area contributed by atoms with Gasteiger partial charge in [0.2, 0.25) is 0 Å². The molecule has 1 N–H and O–H groups in total. The number of ether oxygens (including phenoxy) is 1. The molecule has 1 atom stereocenters. The number of likely N-dealkylation sites (N-methyl/N-ethyl adjacent to an activating group) is 1. The number of rotatable bonds is 6. The van der Waals surface area contributed by atoms with Gasteiger partial charge in [-0.3, -0.25) is 4.90 Å². The zero-order valence-electron chi connectivity index (χ0n) is 12.5.